The molecule has 0 aliphatic heterocycles. The fourth-order valence-electron chi connectivity index (χ4n) is 1.34. The Bertz CT molecular complexity index is 152. The van der Waals surface area contributed by atoms with Crippen molar-refractivity contribution in [2.45, 2.75) is 51.8 Å². The van der Waals surface area contributed by atoms with E-state index in [2.05, 4.69) is 6.08 Å². The summed E-state index contributed by atoms with van der Waals surface area (Å²) in [4.78, 5) is 0. The molecule has 1 unspecified atom stereocenters. The van der Waals surface area contributed by atoms with E-state index in [1.165, 1.54) is 18.4 Å². The van der Waals surface area contributed by atoms with Gasteiger partial charge in [-0.3, -0.25) is 0 Å². The Hall–Kier alpha value is -0.260. The second kappa shape index (κ2) is 4.54. The first-order valence-corrected chi connectivity index (χ1v) is 4.25. The Kier molecular flexibility index (Phi) is 2.45. The Morgan fingerprint density at radius 3 is 3.40 bits per heavy atom. The average molecular weight is 140 g/mol. The van der Waals surface area contributed by atoms with Crippen molar-refractivity contribution >= 4 is 0 Å². The van der Waals surface area contributed by atoms with Gasteiger partial charge in [0, 0.05) is 2.74 Å². The Morgan fingerprint density at radius 1 is 1.60 bits per heavy atom. The average Bonchev–Trinajstić information content (AvgIpc) is 2.09. The summed E-state index contributed by atoms with van der Waals surface area (Å²) in [7, 11) is 0. The normalized spacial score (nSPS) is 33.6. The van der Waals surface area contributed by atoms with Crippen molar-refractivity contribution in [3.05, 3.63) is 11.6 Å². The molecule has 1 aliphatic rings. The summed E-state index contributed by atoms with van der Waals surface area (Å²) in [5.41, 5.74) is 1.33. The minimum atomic E-state index is 0.0736. The van der Waals surface area contributed by atoms with E-state index in [4.69, 9.17) is 2.74 Å². The maximum atomic E-state index is 7.75. The van der Waals surface area contributed by atoms with E-state index in [1.54, 1.807) is 0 Å². The molecule has 1 rings (SSSR count). The van der Waals surface area contributed by atoms with Gasteiger partial charge in [-0.15, -0.1) is 0 Å². The molecule has 58 valence electrons. The first kappa shape index (κ1) is 5.40. The number of hydrogen-bond acceptors (Lipinski definition) is 0. The maximum Gasteiger partial charge on any atom is 0.0312 e. The van der Waals surface area contributed by atoms with Crippen LogP contribution in [0.25, 0.3) is 0 Å². The highest BCUT2D eigenvalue weighted by molar-refractivity contribution is 5.03. The molecule has 1 fully saturated rings. The van der Waals surface area contributed by atoms with Crippen molar-refractivity contribution in [3.63, 3.8) is 0 Å². The molecule has 1 aliphatic carbocycles. The highest BCUT2D eigenvalue weighted by atomic mass is 14.1. The predicted molar refractivity (Wildman–Crippen MR) is 46.1 cm³/mol. The van der Waals surface area contributed by atoms with Gasteiger partial charge in [0.15, 0.2) is 0 Å². The van der Waals surface area contributed by atoms with Crippen LogP contribution in [0.15, 0.2) is 11.6 Å². The zero-order valence-corrected chi connectivity index (χ0v) is 6.60. The van der Waals surface area contributed by atoms with Crippen LogP contribution in [0.2, 0.25) is 0 Å². The Balaban J connectivity index is 2.31. The number of unbranched alkanes of at least 4 members (excludes halogenated alkanes) is 1. The van der Waals surface area contributed by atoms with Crippen molar-refractivity contribution in [1.29, 1.82) is 0 Å². The topological polar surface area (TPSA) is 0 Å². The third-order valence-electron chi connectivity index (χ3n) is 1.94. The van der Waals surface area contributed by atoms with Crippen molar-refractivity contribution in [3.8, 4) is 0 Å². The molecule has 0 heteroatoms. The largest absolute Gasteiger partial charge is 0.0853 e. The van der Waals surface area contributed by atoms with Gasteiger partial charge in [0.1, 0.15) is 0 Å². The van der Waals surface area contributed by atoms with E-state index in [0.717, 1.165) is 25.7 Å². The molecule has 0 radical (unpaired) electrons. The number of rotatable bonds is 2. The molecule has 0 bridgehead atoms. The van der Waals surface area contributed by atoms with Crippen LogP contribution in [0, 0.1) is 0 Å². The number of allylic oxidation sites excluding steroid dienone is 2. The molecule has 10 heavy (non-hydrogen) atoms. The van der Waals surface area contributed by atoms with Gasteiger partial charge < -0.3 is 0 Å². The van der Waals surface area contributed by atoms with Crippen molar-refractivity contribution in [1.82, 2.24) is 0 Å². The van der Waals surface area contributed by atoms with Crippen LogP contribution in [-0.2, 0) is 0 Å². The first-order valence-electron chi connectivity index (χ1n) is 5.53. The second-order valence-corrected chi connectivity index (χ2v) is 2.87. The van der Waals surface area contributed by atoms with Crippen molar-refractivity contribution in [2.75, 3.05) is 0 Å². The monoisotopic (exact) mass is 140 g/mol. The molecular formula is C10H18. The van der Waals surface area contributed by atoms with E-state index in [1.807, 2.05) is 0 Å². The molecule has 0 aromatic carbocycles. The molecule has 0 saturated heterocycles. The molecule has 1 atom stereocenters. The van der Waals surface area contributed by atoms with Crippen LogP contribution in [0.3, 0.4) is 0 Å². The molecule has 1 saturated carbocycles. The van der Waals surface area contributed by atoms with E-state index in [-0.39, 0.29) is 6.40 Å². The maximum absolute atomic E-state index is 7.75. The fraction of sp³-hybridized carbons (Fsp3) is 0.800. The van der Waals surface area contributed by atoms with Gasteiger partial charge in [-0.25, -0.2) is 0 Å². The summed E-state index contributed by atoms with van der Waals surface area (Å²) in [6.45, 7) is 0.520. The molecule has 0 aromatic rings. The van der Waals surface area contributed by atoms with Gasteiger partial charge in [-0.2, -0.15) is 0 Å². The Labute approximate surface area is 67.1 Å². The van der Waals surface area contributed by atoms with E-state index in [0.29, 0.717) is 6.90 Å². The standard InChI is InChI=1S/C10H18/c1-2-3-7-10-8-5-4-6-9-10/h7H,2-6,8-9H2,1H3/i1D,8D/b10-7+. The Morgan fingerprint density at radius 2 is 2.60 bits per heavy atom. The van der Waals surface area contributed by atoms with Gasteiger partial charge in [-0.05, 0) is 32.1 Å². The minimum Gasteiger partial charge on any atom is -0.0853 e. The van der Waals surface area contributed by atoms with E-state index >= 15 is 0 Å². The molecule has 0 heterocycles. The van der Waals surface area contributed by atoms with E-state index < -0.39 is 0 Å². The predicted octanol–water partition coefficient (Wildman–Crippen LogP) is 3.68. The summed E-state index contributed by atoms with van der Waals surface area (Å²) in [5, 5.41) is 0. The van der Waals surface area contributed by atoms with Gasteiger partial charge in [0.2, 0.25) is 0 Å². The van der Waals surface area contributed by atoms with E-state index in [9.17, 15) is 0 Å². The van der Waals surface area contributed by atoms with Gasteiger partial charge >= 0.3 is 0 Å². The van der Waals surface area contributed by atoms with Crippen LogP contribution in [0.4, 0.5) is 0 Å². The third kappa shape index (κ3) is 2.55. The fourth-order valence-corrected chi connectivity index (χ4v) is 1.34. The lowest BCUT2D eigenvalue weighted by Crippen LogP contribution is -1.92. The molecule has 0 N–H and O–H groups in total. The lowest BCUT2D eigenvalue weighted by molar-refractivity contribution is 0.595. The first-order chi connectivity index (χ1) is 5.84. The summed E-state index contributed by atoms with van der Waals surface area (Å²) in [5.74, 6) is 0. The van der Waals surface area contributed by atoms with Crippen LogP contribution in [0.5, 0.6) is 0 Å². The van der Waals surface area contributed by atoms with Gasteiger partial charge in [0.05, 0.1) is 0 Å². The third-order valence-corrected chi connectivity index (χ3v) is 1.94. The van der Waals surface area contributed by atoms with Crippen molar-refractivity contribution < 1.29 is 2.74 Å². The quantitative estimate of drug-likeness (QED) is 0.405. The van der Waals surface area contributed by atoms with Gasteiger partial charge in [-0.1, -0.05) is 31.4 Å². The minimum absolute atomic E-state index is 0.0736. The summed E-state index contributed by atoms with van der Waals surface area (Å²) < 4.78 is 14.7. The highest BCUT2D eigenvalue weighted by Gasteiger charge is 2.03. The summed E-state index contributed by atoms with van der Waals surface area (Å²) in [6.07, 6.45) is 8.91. The smallest absolute Gasteiger partial charge is 0.0312 e. The zero-order chi connectivity index (χ0) is 8.81. The molecular weight excluding hydrogens is 120 g/mol. The lowest BCUT2D eigenvalue weighted by Gasteiger charge is -2.12. The molecule has 0 aromatic heterocycles. The summed E-state index contributed by atoms with van der Waals surface area (Å²) in [6, 6.07) is 0. The second-order valence-electron chi connectivity index (χ2n) is 2.87. The molecule has 0 spiro atoms. The van der Waals surface area contributed by atoms with Crippen LogP contribution >= 0.6 is 0 Å². The van der Waals surface area contributed by atoms with Gasteiger partial charge in [0.25, 0.3) is 0 Å². The molecule has 0 amide bonds. The zero-order valence-electron chi connectivity index (χ0n) is 8.60. The number of hydrogen-bond donors (Lipinski definition) is 0. The van der Waals surface area contributed by atoms with Crippen LogP contribution < -0.4 is 0 Å². The van der Waals surface area contributed by atoms with Crippen LogP contribution in [0.1, 0.15) is 54.6 Å². The summed E-state index contributed by atoms with van der Waals surface area (Å²) >= 11 is 0. The van der Waals surface area contributed by atoms with Crippen LogP contribution in [-0.4, -0.2) is 0 Å². The van der Waals surface area contributed by atoms with Crippen molar-refractivity contribution in [2.24, 2.45) is 0 Å². The highest BCUT2D eigenvalue weighted by Crippen LogP contribution is 2.22. The lowest BCUT2D eigenvalue weighted by atomic mass is 9.94. The SMILES string of the molecule is [2H]CCC/C=C1/CCCCC1[2H]. The molecule has 0 nitrogen and oxygen atoms in total.